The number of hydrogen-bond donors (Lipinski definition) is 0. The number of allylic oxidation sites excluding steroid dienone is 1. The molecule has 1 amide bonds. The normalized spacial score (nSPS) is 13.8. The van der Waals surface area contributed by atoms with Crippen molar-refractivity contribution in [1.82, 2.24) is 4.90 Å². The Morgan fingerprint density at radius 3 is 2.33 bits per heavy atom. The molecule has 12 heavy (non-hydrogen) atoms. The Balaban J connectivity index is 4.39. The molecule has 0 saturated heterocycles. The number of rotatable bonds is 3. The van der Waals surface area contributed by atoms with Crippen LogP contribution in [0.4, 0.5) is 0 Å². The van der Waals surface area contributed by atoms with Crippen molar-refractivity contribution in [1.29, 1.82) is 0 Å². The average molecular weight is 169 g/mol. The van der Waals surface area contributed by atoms with E-state index in [1.807, 2.05) is 0 Å². The van der Waals surface area contributed by atoms with Gasteiger partial charge in [0.25, 0.3) is 0 Å². The minimum atomic E-state index is -0.354. The number of carbonyl (C=O) groups excluding carboxylic acids is 2. The van der Waals surface area contributed by atoms with Crippen LogP contribution in [0.5, 0.6) is 0 Å². The van der Waals surface area contributed by atoms with Crippen LogP contribution in [0.15, 0.2) is 11.6 Å². The molecule has 0 aromatic rings. The Morgan fingerprint density at radius 2 is 2.00 bits per heavy atom. The van der Waals surface area contributed by atoms with Gasteiger partial charge in [-0.15, -0.1) is 0 Å². The van der Waals surface area contributed by atoms with Crippen LogP contribution < -0.4 is 0 Å². The van der Waals surface area contributed by atoms with E-state index in [0.717, 1.165) is 6.29 Å². The lowest BCUT2D eigenvalue weighted by atomic mass is 10.2. The van der Waals surface area contributed by atoms with Crippen molar-refractivity contribution >= 4 is 12.2 Å². The molecule has 0 heterocycles. The maximum atomic E-state index is 11.4. The average Bonchev–Trinajstić information content (AvgIpc) is 2.12. The molecule has 3 heteroatoms. The van der Waals surface area contributed by atoms with Crippen LogP contribution >= 0.6 is 0 Å². The van der Waals surface area contributed by atoms with Crippen LogP contribution in [-0.2, 0) is 9.59 Å². The van der Waals surface area contributed by atoms with Gasteiger partial charge in [0.1, 0.15) is 6.29 Å². The van der Waals surface area contributed by atoms with Gasteiger partial charge in [-0.3, -0.25) is 4.79 Å². The summed E-state index contributed by atoms with van der Waals surface area (Å²) in [5.41, 5.74) is 0.659. The fourth-order valence-corrected chi connectivity index (χ4v) is 0.678. The number of nitrogens with zero attached hydrogens (tertiary/aromatic N) is 1. The molecule has 0 aliphatic heterocycles. The number of amides is 1. The van der Waals surface area contributed by atoms with Gasteiger partial charge in [-0.05, 0) is 20.8 Å². The Hall–Kier alpha value is -1.12. The largest absolute Gasteiger partial charge is 0.333 e. The molecule has 0 aromatic heterocycles. The SMILES string of the molecule is C/C=C(/C)C(=O)N(C)C(C)C=O. The second-order valence-corrected chi connectivity index (χ2v) is 2.76. The lowest BCUT2D eigenvalue weighted by Gasteiger charge is -2.20. The summed E-state index contributed by atoms with van der Waals surface area (Å²) in [6.07, 6.45) is 2.48. The van der Waals surface area contributed by atoms with Gasteiger partial charge in [0.05, 0.1) is 6.04 Å². The van der Waals surface area contributed by atoms with Crippen molar-refractivity contribution in [3.05, 3.63) is 11.6 Å². The fourth-order valence-electron chi connectivity index (χ4n) is 0.678. The molecule has 0 N–H and O–H groups in total. The van der Waals surface area contributed by atoms with Crippen LogP contribution in [0.1, 0.15) is 20.8 Å². The van der Waals surface area contributed by atoms with E-state index in [9.17, 15) is 9.59 Å². The molecule has 1 atom stereocenters. The highest BCUT2D eigenvalue weighted by molar-refractivity contribution is 5.94. The van der Waals surface area contributed by atoms with Crippen LogP contribution in [0, 0.1) is 0 Å². The summed E-state index contributed by atoms with van der Waals surface area (Å²) >= 11 is 0. The van der Waals surface area contributed by atoms with Crippen molar-refractivity contribution in [3.63, 3.8) is 0 Å². The minimum absolute atomic E-state index is 0.0999. The smallest absolute Gasteiger partial charge is 0.249 e. The van der Waals surface area contributed by atoms with Crippen LogP contribution in [0.25, 0.3) is 0 Å². The van der Waals surface area contributed by atoms with Gasteiger partial charge < -0.3 is 9.69 Å². The quantitative estimate of drug-likeness (QED) is 0.467. The van der Waals surface area contributed by atoms with Gasteiger partial charge in [0.15, 0.2) is 0 Å². The third-order valence-electron chi connectivity index (χ3n) is 1.90. The van der Waals surface area contributed by atoms with Crippen molar-refractivity contribution in [2.75, 3.05) is 7.05 Å². The van der Waals surface area contributed by atoms with Gasteiger partial charge in [0.2, 0.25) is 5.91 Å². The number of aldehydes is 1. The molecular weight excluding hydrogens is 154 g/mol. The molecular formula is C9H15NO2. The molecule has 0 spiro atoms. The van der Waals surface area contributed by atoms with Crippen molar-refractivity contribution in [2.24, 2.45) is 0 Å². The second-order valence-electron chi connectivity index (χ2n) is 2.76. The van der Waals surface area contributed by atoms with Crippen molar-refractivity contribution in [3.8, 4) is 0 Å². The fraction of sp³-hybridized carbons (Fsp3) is 0.556. The lowest BCUT2D eigenvalue weighted by Crippen LogP contribution is -2.36. The van der Waals surface area contributed by atoms with E-state index in [2.05, 4.69) is 0 Å². The molecule has 68 valence electrons. The zero-order chi connectivity index (χ0) is 9.72. The number of carbonyl (C=O) groups is 2. The van der Waals surface area contributed by atoms with Gasteiger partial charge in [-0.25, -0.2) is 0 Å². The predicted molar refractivity (Wildman–Crippen MR) is 47.7 cm³/mol. The first-order valence-electron chi connectivity index (χ1n) is 3.90. The summed E-state index contributed by atoms with van der Waals surface area (Å²) in [6.45, 7) is 5.22. The lowest BCUT2D eigenvalue weighted by molar-refractivity contribution is -0.130. The zero-order valence-electron chi connectivity index (χ0n) is 8.00. The molecule has 0 saturated carbocycles. The maximum Gasteiger partial charge on any atom is 0.249 e. The summed E-state index contributed by atoms with van der Waals surface area (Å²) in [5, 5.41) is 0. The maximum absolute atomic E-state index is 11.4. The third kappa shape index (κ3) is 2.49. The Kier molecular flexibility index (Phi) is 4.26. The molecule has 1 unspecified atom stereocenters. The van der Waals surface area contributed by atoms with E-state index in [1.54, 1.807) is 33.9 Å². The predicted octanol–water partition coefficient (Wildman–Crippen LogP) is 0.998. The summed E-state index contributed by atoms with van der Waals surface area (Å²) in [6, 6.07) is -0.354. The van der Waals surface area contributed by atoms with Gasteiger partial charge >= 0.3 is 0 Å². The van der Waals surface area contributed by atoms with E-state index in [0.29, 0.717) is 5.57 Å². The minimum Gasteiger partial charge on any atom is -0.333 e. The highest BCUT2D eigenvalue weighted by Gasteiger charge is 2.15. The Labute approximate surface area is 73.1 Å². The Morgan fingerprint density at radius 1 is 1.50 bits per heavy atom. The van der Waals surface area contributed by atoms with E-state index < -0.39 is 0 Å². The third-order valence-corrected chi connectivity index (χ3v) is 1.90. The summed E-state index contributed by atoms with van der Waals surface area (Å²) in [7, 11) is 1.62. The Bertz CT molecular complexity index is 209. The second kappa shape index (κ2) is 4.70. The molecule has 0 aromatic carbocycles. The van der Waals surface area contributed by atoms with Crippen LogP contribution in [-0.4, -0.2) is 30.2 Å². The topological polar surface area (TPSA) is 37.4 Å². The molecule has 0 bridgehead atoms. The first-order chi connectivity index (χ1) is 5.54. The van der Waals surface area contributed by atoms with Crippen LogP contribution in [0.2, 0.25) is 0 Å². The standard InChI is InChI=1S/C9H15NO2/c1-5-7(2)9(12)10(4)8(3)6-11/h5-6,8H,1-4H3/b7-5-. The zero-order valence-corrected chi connectivity index (χ0v) is 8.00. The number of hydrogen-bond acceptors (Lipinski definition) is 2. The number of likely N-dealkylation sites (N-methyl/N-ethyl adjacent to an activating group) is 1. The monoisotopic (exact) mass is 169 g/mol. The summed E-state index contributed by atoms with van der Waals surface area (Å²) in [4.78, 5) is 23.1. The summed E-state index contributed by atoms with van der Waals surface area (Å²) in [5.74, 6) is -0.0999. The van der Waals surface area contributed by atoms with E-state index in [-0.39, 0.29) is 11.9 Å². The van der Waals surface area contributed by atoms with Crippen molar-refractivity contribution < 1.29 is 9.59 Å². The molecule has 0 fully saturated rings. The molecule has 0 aliphatic rings. The van der Waals surface area contributed by atoms with E-state index >= 15 is 0 Å². The van der Waals surface area contributed by atoms with E-state index in [1.165, 1.54) is 4.90 Å². The molecule has 0 rings (SSSR count). The van der Waals surface area contributed by atoms with Crippen LogP contribution in [0.3, 0.4) is 0 Å². The highest BCUT2D eigenvalue weighted by Crippen LogP contribution is 2.01. The van der Waals surface area contributed by atoms with Gasteiger partial charge in [-0.2, -0.15) is 0 Å². The first-order valence-corrected chi connectivity index (χ1v) is 3.90. The molecule has 3 nitrogen and oxygen atoms in total. The van der Waals surface area contributed by atoms with Gasteiger partial charge in [-0.1, -0.05) is 6.08 Å². The molecule has 0 radical (unpaired) electrons. The molecule has 0 aliphatic carbocycles. The van der Waals surface area contributed by atoms with Crippen molar-refractivity contribution in [2.45, 2.75) is 26.8 Å². The van der Waals surface area contributed by atoms with Gasteiger partial charge in [0, 0.05) is 12.6 Å². The highest BCUT2D eigenvalue weighted by atomic mass is 16.2. The summed E-state index contributed by atoms with van der Waals surface area (Å²) < 4.78 is 0. The first kappa shape index (κ1) is 10.9. The van der Waals surface area contributed by atoms with E-state index in [4.69, 9.17) is 0 Å².